The second kappa shape index (κ2) is 7.58. The minimum absolute atomic E-state index is 0.569. The number of hydrogen-bond acceptors (Lipinski definition) is 3. The van der Waals surface area contributed by atoms with Crippen molar-refractivity contribution in [2.75, 3.05) is 19.4 Å². The number of rotatable bonds is 7. The maximum absolute atomic E-state index is 5.74. The molecule has 0 radical (unpaired) electrons. The van der Waals surface area contributed by atoms with Crippen LogP contribution < -0.4 is 10.1 Å². The highest BCUT2D eigenvalue weighted by molar-refractivity contribution is 7.98. The molecule has 1 aromatic rings. The molecule has 1 unspecified atom stereocenters. The number of thioether (sulfide) groups is 1. The molecule has 0 saturated heterocycles. The van der Waals surface area contributed by atoms with E-state index in [2.05, 4.69) is 31.5 Å². The van der Waals surface area contributed by atoms with Crippen LogP contribution in [0.25, 0.3) is 0 Å². The molecular formula is C13H21NOS. The van der Waals surface area contributed by atoms with Gasteiger partial charge in [-0.3, -0.25) is 0 Å². The molecule has 3 heteroatoms. The standard InChI is InChI=1S/C13H21NOS/c1-4-11(2)14-9-10-15-12-7-5-6-8-13(12)16-3/h5-8,11,14H,4,9-10H2,1-3H3. The van der Waals surface area contributed by atoms with Gasteiger partial charge in [-0.15, -0.1) is 11.8 Å². The first-order valence-electron chi connectivity index (χ1n) is 5.77. The molecule has 90 valence electrons. The summed E-state index contributed by atoms with van der Waals surface area (Å²) in [5.41, 5.74) is 0. The van der Waals surface area contributed by atoms with Crippen molar-refractivity contribution in [2.24, 2.45) is 0 Å². The third-order valence-electron chi connectivity index (χ3n) is 2.53. The number of para-hydroxylation sites is 1. The van der Waals surface area contributed by atoms with Crippen molar-refractivity contribution in [3.8, 4) is 5.75 Å². The molecule has 0 amide bonds. The molecule has 0 heterocycles. The summed E-state index contributed by atoms with van der Waals surface area (Å²) < 4.78 is 5.74. The van der Waals surface area contributed by atoms with Crippen LogP contribution in [-0.4, -0.2) is 25.4 Å². The van der Waals surface area contributed by atoms with Crippen molar-refractivity contribution < 1.29 is 4.74 Å². The van der Waals surface area contributed by atoms with Crippen LogP contribution in [0.15, 0.2) is 29.2 Å². The van der Waals surface area contributed by atoms with E-state index in [1.54, 1.807) is 11.8 Å². The van der Waals surface area contributed by atoms with Crippen molar-refractivity contribution in [2.45, 2.75) is 31.2 Å². The van der Waals surface area contributed by atoms with Crippen molar-refractivity contribution in [1.29, 1.82) is 0 Å². The normalized spacial score (nSPS) is 12.4. The Balaban J connectivity index is 2.31. The lowest BCUT2D eigenvalue weighted by atomic mass is 10.3. The topological polar surface area (TPSA) is 21.3 Å². The average molecular weight is 239 g/mol. The van der Waals surface area contributed by atoms with E-state index < -0.39 is 0 Å². The molecule has 0 aliphatic carbocycles. The van der Waals surface area contributed by atoms with E-state index in [0.29, 0.717) is 6.04 Å². The summed E-state index contributed by atoms with van der Waals surface area (Å²) in [5, 5.41) is 3.41. The van der Waals surface area contributed by atoms with Gasteiger partial charge in [-0.1, -0.05) is 19.1 Å². The summed E-state index contributed by atoms with van der Waals surface area (Å²) in [7, 11) is 0. The van der Waals surface area contributed by atoms with Crippen molar-refractivity contribution in [3.63, 3.8) is 0 Å². The molecule has 0 fully saturated rings. The molecule has 1 atom stereocenters. The van der Waals surface area contributed by atoms with Gasteiger partial charge in [0.15, 0.2) is 0 Å². The molecule has 16 heavy (non-hydrogen) atoms. The predicted molar refractivity (Wildman–Crippen MR) is 71.5 cm³/mol. The molecule has 1 rings (SSSR count). The van der Waals surface area contributed by atoms with Gasteiger partial charge < -0.3 is 10.1 Å². The smallest absolute Gasteiger partial charge is 0.132 e. The lowest BCUT2D eigenvalue weighted by Gasteiger charge is -2.13. The minimum atomic E-state index is 0.569. The van der Waals surface area contributed by atoms with Gasteiger partial charge in [0.2, 0.25) is 0 Å². The summed E-state index contributed by atoms with van der Waals surface area (Å²) in [6, 6.07) is 8.73. The molecule has 2 nitrogen and oxygen atoms in total. The Morgan fingerprint density at radius 2 is 2.12 bits per heavy atom. The highest BCUT2D eigenvalue weighted by Crippen LogP contribution is 2.26. The van der Waals surface area contributed by atoms with Gasteiger partial charge in [0.05, 0.1) is 0 Å². The first kappa shape index (κ1) is 13.4. The largest absolute Gasteiger partial charge is 0.491 e. The zero-order valence-corrected chi connectivity index (χ0v) is 11.1. The fraction of sp³-hybridized carbons (Fsp3) is 0.538. The molecule has 0 spiro atoms. The average Bonchev–Trinajstić information content (AvgIpc) is 2.34. The van der Waals surface area contributed by atoms with Gasteiger partial charge in [0.1, 0.15) is 12.4 Å². The van der Waals surface area contributed by atoms with E-state index in [4.69, 9.17) is 4.74 Å². The highest BCUT2D eigenvalue weighted by atomic mass is 32.2. The van der Waals surface area contributed by atoms with Crippen LogP contribution in [0.5, 0.6) is 5.75 Å². The predicted octanol–water partition coefficient (Wildman–Crippen LogP) is 3.18. The van der Waals surface area contributed by atoms with E-state index in [0.717, 1.165) is 25.3 Å². The van der Waals surface area contributed by atoms with Gasteiger partial charge in [0, 0.05) is 17.5 Å². The maximum atomic E-state index is 5.74. The minimum Gasteiger partial charge on any atom is -0.491 e. The van der Waals surface area contributed by atoms with E-state index in [1.165, 1.54) is 4.90 Å². The molecule has 0 aliphatic rings. The van der Waals surface area contributed by atoms with Crippen LogP contribution in [-0.2, 0) is 0 Å². The SMILES string of the molecule is CCC(C)NCCOc1ccccc1SC. The van der Waals surface area contributed by atoms with E-state index >= 15 is 0 Å². The summed E-state index contributed by atoms with van der Waals surface area (Å²) in [4.78, 5) is 1.20. The quantitative estimate of drug-likeness (QED) is 0.583. The lowest BCUT2D eigenvalue weighted by molar-refractivity contribution is 0.300. The van der Waals surface area contributed by atoms with E-state index in [1.807, 2.05) is 18.2 Å². The Hall–Kier alpha value is -0.670. The third-order valence-corrected chi connectivity index (χ3v) is 3.31. The zero-order valence-electron chi connectivity index (χ0n) is 10.3. The number of hydrogen-bond donors (Lipinski definition) is 1. The van der Waals surface area contributed by atoms with E-state index in [9.17, 15) is 0 Å². The zero-order chi connectivity index (χ0) is 11.8. The Morgan fingerprint density at radius 1 is 1.38 bits per heavy atom. The van der Waals surface area contributed by atoms with Crippen molar-refractivity contribution in [1.82, 2.24) is 5.32 Å². The van der Waals surface area contributed by atoms with Crippen LogP contribution in [0.3, 0.4) is 0 Å². The fourth-order valence-corrected chi connectivity index (χ4v) is 1.89. The van der Waals surface area contributed by atoms with Crippen LogP contribution in [0.4, 0.5) is 0 Å². The third kappa shape index (κ3) is 4.45. The van der Waals surface area contributed by atoms with Gasteiger partial charge >= 0.3 is 0 Å². The number of ether oxygens (including phenoxy) is 1. The van der Waals surface area contributed by atoms with Crippen LogP contribution >= 0.6 is 11.8 Å². The summed E-state index contributed by atoms with van der Waals surface area (Å²) in [6.07, 6.45) is 3.22. The summed E-state index contributed by atoms with van der Waals surface area (Å²) >= 11 is 1.72. The Morgan fingerprint density at radius 3 is 2.81 bits per heavy atom. The molecule has 1 N–H and O–H groups in total. The fourth-order valence-electron chi connectivity index (χ4n) is 1.35. The maximum Gasteiger partial charge on any atom is 0.132 e. The van der Waals surface area contributed by atoms with Crippen LogP contribution in [0, 0.1) is 0 Å². The van der Waals surface area contributed by atoms with Crippen LogP contribution in [0.1, 0.15) is 20.3 Å². The number of nitrogens with one attached hydrogen (secondary N) is 1. The van der Waals surface area contributed by atoms with Gasteiger partial charge in [0.25, 0.3) is 0 Å². The Bertz CT molecular complexity index is 304. The second-order valence-corrected chi connectivity index (χ2v) is 4.61. The summed E-state index contributed by atoms with van der Waals surface area (Å²) in [5.74, 6) is 0.987. The highest BCUT2D eigenvalue weighted by Gasteiger charge is 2.01. The Labute approximate surface area is 103 Å². The van der Waals surface area contributed by atoms with Crippen molar-refractivity contribution >= 4 is 11.8 Å². The first-order valence-corrected chi connectivity index (χ1v) is 6.99. The first-order chi connectivity index (χ1) is 7.77. The molecule has 0 aliphatic heterocycles. The van der Waals surface area contributed by atoms with Gasteiger partial charge in [-0.2, -0.15) is 0 Å². The molecule has 0 saturated carbocycles. The van der Waals surface area contributed by atoms with Gasteiger partial charge in [-0.05, 0) is 31.7 Å². The molecule has 1 aromatic carbocycles. The number of benzene rings is 1. The Kier molecular flexibility index (Phi) is 6.34. The second-order valence-electron chi connectivity index (χ2n) is 3.76. The van der Waals surface area contributed by atoms with Crippen LogP contribution in [0.2, 0.25) is 0 Å². The lowest BCUT2D eigenvalue weighted by Crippen LogP contribution is -2.29. The van der Waals surface area contributed by atoms with Gasteiger partial charge in [-0.25, -0.2) is 0 Å². The monoisotopic (exact) mass is 239 g/mol. The van der Waals surface area contributed by atoms with E-state index in [-0.39, 0.29) is 0 Å². The molecule has 0 bridgehead atoms. The molecule has 0 aromatic heterocycles. The summed E-state index contributed by atoms with van der Waals surface area (Å²) in [6.45, 7) is 6.00. The molecular weight excluding hydrogens is 218 g/mol. The van der Waals surface area contributed by atoms with Crippen molar-refractivity contribution in [3.05, 3.63) is 24.3 Å².